The number of hydrogen-bond acceptors (Lipinski definition) is 11. The molecule has 0 saturated carbocycles. The largest absolute Gasteiger partial charge is 0.500 e. The number of nitro benzene ring substituents is 1. The number of carbonyl (C=O) groups excluding carboxylic acids is 1. The summed E-state index contributed by atoms with van der Waals surface area (Å²) in [7, 11) is 4.24. The van der Waals surface area contributed by atoms with Crippen molar-refractivity contribution in [2.45, 2.75) is 19.9 Å². The fourth-order valence-electron chi connectivity index (χ4n) is 4.27. The first-order valence-corrected chi connectivity index (χ1v) is 12.4. The van der Waals surface area contributed by atoms with E-state index >= 15 is 0 Å². The summed E-state index contributed by atoms with van der Waals surface area (Å²) in [6.07, 6.45) is 1.44. The Balaban J connectivity index is 2.00. The number of phenolic OH excluding ortho intramolecular Hbond substituents is 1. The van der Waals surface area contributed by atoms with Gasteiger partial charge in [0.15, 0.2) is 10.6 Å². The summed E-state index contributed by atoms with van der Waals surface area (Å²) in [6.45, 7) is 3.45. The third-order valence-electron chi connectivity index (χ3n) is 6.04. The average Bonchev–Trinajstić information content (AvgIpc) is 3.22. The molecule has 2 aromatic carbocycles. The van der Waals surface area contributed by atoms with Crippen LogP contribution in [0.4, 0.5) is 5.69 Å². The molecule has 0 spiro atoms. The maximum atomic E-state index is 13.8. The van der Waals surface area contributed by atoms with Crippen molar-refractivity contribution < 1.29 is 33.8 Å². The van der Waals surface area contributed by atoms with Crippen molar-refractivity contribution in [3.63, 3.8) is 0 Å². The third-order valence-corrected chi connectivity index (χ3v) is 7.03. The highest BCUT2D eigenvalue weighted by Gasteiger charge is 2.35. The molecule has 1 aliphatic rings. The molecule has 0 saturated heterocycles. The van der Waals surface area contributed by atoms with Crippen LogP contribution in [0.1, 0.15) is 31.0 Å². The van der Waals surface area contributed by atoms with E-state index in [1.165, 1.54) is 38.0 Å². The van der Waals surface area contributed by atoms with Gasteiger partial charge in [-0.1, -0.05) is 11.3 Å². The summed E-state index contributed by atoms with van der Waals surface area (Å²) in [4.78, 5) is 42.5. The van der Waals surface area contributed by atoms with Crippen LogP contribution in [0, 0.1) is 10.1 Å². The van der Waals surface area contributed by atoms with E-state index in [2.05, 4.69) is 4.99 Å². The SMILES string of the molecule is CCOC(=O)C1=C(C)N=c2sc(=Cc3cc(OC)c(O)c([N+](=O)[O-])c3)c(=O)n2C1c1ccc(OC)cc1OC. The van der Waals surface area contributed by atoms with Crippen molar-refractivity contribution in [2.24, 2.45) is 4.99 Å². The number of aromatic hydroxyl groups is 1. The van der Waals surface area contributed by atoms with Crippen molar-refractivity contribution in [3.8, 4) is 23.0 Å². The van der Waals surface area contributed by atoms with Gasteiger partial charge in [0.2, 0.25) is 5.75 Å². The zero-order valence-corrected chi connectivity index (χ0v) is 22.5. The van der Waals surface area contributed by atoms with Crippen LogP contribution in [0.25, 0.3) is 6.08 Å². The van der Waals surface area contributed by atoms with Crippen LogP contribution in [-0.2, 0) is 9.53 Å². The van der Waals surface area contributed by atoms with Gasteiger partial charge in [0, 0.05) is 17.7 Å². The number of benzene rings is 2. The lowest BCUT2D eigenvalue weighted by molar-refractivity contribution is -0.386. The highest BCUT2D eigenvalue weighted by molar-refractivity contribution is 7.07. The number of hydrogen-bond donors (Lipinski definition) is 1. The Morgan fingerprint density at radius 1 is 1.18 bits per heavy atom. The number of carbonyl (C=O) groups is 1. The molecule has 0 aliphatic carbocycles. The minimum absolute atomic E-state index is 0.119. The van der Waals surface area contributed by atoms with Gasteiger partial charge in [-0.15, -0.1) is 0 Å². The minimum atomic E-state index is -0.938. The Kier molecular flexibility index (Phi) is 7.72. The number of fused-ring (bicyclic) bond motifs is 1. The normalized spacial score (nSPS) is 14.9. The van der Waals surface area contributed by atoms with Gasteiger partial charge >= 0.3 is 11.7 Å². The predicted molar refractivity (Wildman–Crippen MR) is 141 cm³/mol. The van der Waals surface area contributed by atoms with Crippen LogP contribution in [0.15, 0.2) is 51.4 Å². The molecule has 1 unspecified atom stereocenters. The summed E-state index contributed by atoms with van der Waals surface area (Å²) < 4.78 is 22.8. The van der Waals surface area contributed by atoms with Crippen LogP contribution < -0.4 is 29.1 Å². The van der Waals surface area contributed by atoms with E-state index in [1.807, 2.05) is 0 Å². The van der Waals surface area contributed by atoms with Crippen LogP contribution >= 0.6 is 11.3 Å². The lowest BCUT2D eigenvalue weighted by atomic mass is 9.95. The van der Waals surface area contributed by atoms with Crippen molar-refractivity contribution in [3.05, 3.63) is 82.5 Å². The molecule has 3 aromatic rings. The molecule has 0 radical (unpaired) electrons. The van der Waals surface area contributed by atoms with Crippen LogP contribution in [0.5, 0.6) is 23.0 Å². The Morgan fingerprint density at radius 3 is 2.51 bits per heavy atom. The first-order valence-electron chi connectivity index (χ1n) is 11.6. The Morgan fingerprint density at radius 2 is 1.90 bits per heavy atom. The van der Waals surface area contributed by atoms with Crippen molar-refractivity contribution >= 4 is 29.1 Å². The van der Waals surface area contributed by atoms with Gasteiger partial charge in [-0.2, -0.15) is 0 Å². The van der Waals surface area contributed by atoms with Gasteiger partial charge in [-0.25, -0.2) is 9.79 Å². The number of nitro groups is 1. The van der Waals surface area contributed by atoms with Crippen LogP contribution in [0.3, 0.4) is 0 Å². The molecule has 13 heteroatoms. The second kappa shape index (κ2) is 11.0. The molecule has 1 atom stereocenters. The number of aromatic nitrogens is 1. The first-order chi connectivity index (χ1) is 18.6. The molecule has 1 aromatic heterocycles. The van der Waals surface area contributed by atoms with Crippen molar-refractivity contribution in [1.82, 2.24) is 4.57 Å². The predicted octanol–water partition coefficient (Wildman–Crippen LogP) is 2.44. The van der Waals surface area contributed by atoms with Crippen molar-refractivity contribution in [2.75, 3.05) is 27.9 Å². The summed E-state index contributed by atoms with van der Waals surface area (Å²) in [5, 5.41) is 21.6. The van der Waals surface area contributed by atoms with Gasteiger partial charge in [-0.05, 0) is 43.7 Å². The number of thiazole rings is 1. The number of phenols is 1. The quantitative estimate of drug-likeness (QED) is 0.251. The monoisotopic (exact) mass is 555 g/mol. The molecule has 0 amide bonds. The average molecular weight is 556 g/mol. The first kappa shape index (κ1) is 27.4. The summed E-state index contributed by atoms with van der Waals surface area (Å²) in [5.74, 6) is -0.477. The summed E-state index contributed by atoms with van der Waals surface area (Å²) >= 11 is 1.04. The fraction of sp³-hybridized carbons (Fsp3) is 0.269. The van der Waals surface area contributed by atoms with E-state index < -0.39 is 33.9 Å². The highest BCUT2D eigenvalue weighted by atomic mass is 32.1. The number of allylic oxidation sites excluding steroid dienone is 1. The van der Waals surface area contributed by atoms with E-state index in [0.717, 1.165) is 17.4 Å². The molecule has 1 N–H and O–H groups in total. The number of nitrogens with zero attached hydrogens (tertiary/aromatic N) is 3. The topological polar surface area (TPSA) is 152 Å². The minimum Gasteiger partial charge on any atom is -0.500 e. The van der Waals surface area contributed by atoms with Gasteiger partial charge in [0.05, 0.1) is 48.7 Å². The van der Waals surface area contributed by atoms with Crippen molar-refractivity contribution in [1.29, 1.82) is 0 Å². The van der Waals surface area contributed by atoms with Gasteiger partial charge in [-0.3, -0.25) is 19.5 Å². The van der Waals surface area contributed by atoms with Gasteiger partial charge < -0.3 is 24.1 Å². The van der Waals surface area contributed by atoms with E-state index in [0.29, 0.717) is 27.6 Å². The summed E-state index contributed by atoms with van der Waals surface area (Å²) in [6, 6.07) is 6.60. The molecule has 2 heterocycles. The standard InChI is InChI=1S/C26H25N3O9S/c1-6-38-25(32)21-13(2)27-26-28(22(21)16-8-7-15(35-3)12-18(16)36-4)24(31)20(39-26)11-14-9-17(29(33)34)23(30)19(10-14)37-5/h7-12,22,30H,6H2,1-5H3. The second-order valence-electron chi connectivity index (χ2n) is 8.26. The molecule has 204 valence electrons. The molecular formula is C26H25N3O9S. The number of methoxy groups -OCH3 is 3. The Hall–Kier alpha value is -4.65. The fourth-order valence-corrected chi connectivity index (χ4v) is 5.32. The lowest BCUT2D eigenvalue weighted by Gasteiger charge is -2.26. The molecule has 12 nitrogen and oxygen atoms in total. The molecule has 4 rings (SSSR count). The smallest absolute Gasteiger partial charge is 0.338 e. The third kappa shape index (κ3) is 4.95. The molecule has 0 bridgehead atoms. The molecule has 0 fully saturated rings. The van der Waals surface area contributed by atoms with Crippen LogP contribution in [-0.4, -0.2) is 48.5 Å². The molecule has 1 aliphatic heterocycles. The molecular weight excluding hydrogens is 530 g/mol. The lowest BCUT2D eigenvalue weighted by Crippen LogP contribution is -2.40. The van der Waals surface area contributed by atoms with E-state index in [-0.39, 0.29) is 28.0 Å². The Bertz CT molecular complexity index is 1690. The maximum absolute atomic E-state index is 13.8. The second-order valence-corrected chi connectivity index (χ2v) is 9.27. The van der Waals surface area contributed by atoms with Gasteiger partial charge in [0.1, 0.15) is 17.5 Å². The van der Waals surface area contributed by atoms with Crippen LogP contribution in [0.2, 0.25) is 0 Å². The number of ether oxygens (including phenoxy) is 4. The zero-order valence-electron chi connectivity index (χ0n) is 21.7. The van der Waals surface area contributed by atoms with Gasteiger partial charge in [0.25, 0.3) is 5.56 Å². The number of esters is 1. The molecule has 39 heavy (non-hydrogen) atoms. The zero-order chi connectivity index (χ0) is 28.4. The van der Waals surface area contributed by atoms with E-state index in [1.54, 1.807) is 32.0 Å². The number of rotatable bonds is 8. The van der Waals surface area contributed by atoms with E-state index in [9.17, 15) is 24.8 Å². The van der Waals surface area contributed by atoms with E-state index in [4.69, 9.17) is 18.9 Å². The Labute approximate surface area is 225 Å². The summed E-state index contributed by atoms with van der Waals surface area (Å²) in [5.41, 5.74) is 0.222. The highest BCUT2D eigenvalue weighted by Crippen LogP contribution is 2.38. The maximum Gasteiger partial charge on any atom is 0.338 e.